The SMILES string of the molecule is CN1CCN(C2CC(c3ccccc3)Oc3ccccc3C2=O)CC1. The minimum absolute atomic E-state index is 0.0987. The molecule has 25 heavy (non-hydrogen) atoms. The van der Waals surface area contributed by atoms with Crippen LogP contribution in [0.25, 0.3) is 0 Å². The van der Waals surface area contributed by atoms with Gasteiger partial charge in [-0.2, -0.15) is 0 Å². The van der Waals surface area contributed by atoms with Crippen LogP contribution in [-0.2, 0) is 0 Å². The van der Waals surface area contributed by atoms with Crippen molar-refractivity contribution < 1.29 is 9.53 Å². The fourth-order valence-corrected chi connectivity index (χ4v) is 3.78. The van der Waals surface area contributed by atoms with E-state index in [2.05, 4.69) is 29.0 Å². The number of likely N-dealkylation sites (N-methyl/N-ethyl adjacent to an activating group) is 1. The Hall–Kier alpha value is -2.17. The van der Waals surface area contributed by atoms with Crippen LogP contribution in [0.4, 0.5) is 0 Å². The van der Waals surface area contributed by atoms with Gasteiger partial charge in [0.1, 0.15) is 11.9 Å². The highest BCUT2D eigenvalue weighted by Gasteiger charge is 2.36. The Kier molecular flexibility index (Phi) is 4.55. The first-order chi connectivity index (χ1) is 12.2. The lowest BCUT2D eigenvalue weighted by molar-refractivity contribution is 0.0616. The van der Waals surface area contributed by atoms with Crippen LogP contribution in [0.15, 0.2) is 54.6 Å². The number of carbonyl (C=O) groups is 1. The molecule has 4 rings (SSSR count). The molecule has 2 aliphatic heterocycles. The largest absolute Gasteiger partial charge is 0.485 e. The fraction of sp³-hybridized carbons (Fsp3) is 0.381. The van der Waals surface area contributed by atoms with Gasteiger partial charge in [-0.15, -0.1) is 0 Å². The monoisotopic (exact) mass is 336 g/mol. The summed E-state index contributed by atoms with van der Waals surface area (Å²) in [6.45, 7) is 3.86. The van der Waals surface area contributed by atoms with E-state index in [0.717, 1.165) is 31.7 Å². The number of rotatable bonds is 2. The summed E-state index contributed by atoms with van der Waals surface area (Å²) in [6.07, 6.45) is 0.597. The number of hydrogen-bond donors (Lipinski definition) is 0. The molecule has 1 fully saturated rings. The highest BCUT2D eigenvalue weighted by atomic mass is 16.5. The molecule has 4 nitrogen and oxygen atoms in total. The third-order valence-corrected chi connectivity index (χ3v) is 5.31. The van der Waals surface area contributed by atoms with Crippen molar-refractivity contribution in [1.82, 2.24) is 9.80 Å². The van der Waals surface area contributed by atoms with Crippen molar-refractivity contribution in [2.45, 2.75) is 18.6 Å². The Morgan fingerprint density at radius 2 is 1.60 bits per heavy atom. The molecule has 1 saturated heterocycles. The molecule has 2 atom stereocenters. The molecule has 2 aliphatic rings. The van der Waals surface area contributed by atoms with Crippen LogP contribution >= 0.6 is 0 Å². The van der Waals surface area contributed by atoms with Gasteiger partial charge in [0.05, 0.1) is 11.6 Å². The van der Waals surface area contributed by atoms with Crippen molar-refractivity contribution in [2.75, 3.05) is 33.2 Å². The summed E-state index contributed by atoms with van der Waals surface area (Å²) in [6, 6.07) is 17.8. The molecule has 0 radical (unpaired) electrons. The number of hydrogen-bond acceptors (Lipinski definition) is 4. The molecule has 130 valence electrons. The zero-order valence-corrected chi connectivity index (χ0v) is 14.6. The third kappa shape index (κ3) is 3.32. The fourth-order valence-electron chi connectivity index (χ4n) is 3.78. The highest BCUT2D eigenvalue weighted by molar-refractivity contribution is 6.02. The molecule has 0 aromatic heterocycles. The predicted octanol–water partition coefficient (Wildman–Crippen LogP) is 3.01. The van der Waals surface area contributed by atoms with Crippen molar-refractivity contribution in [2.24, 2.45) is 0 Å². The number of fused-ring (bicyclic) bond motifs is 1. The first kappa shape index (κ1) is 16.3. The minimum atomic E-state index is -0.123. The second kappa shape index (κ2) is 6.98. The van der Waals surface area contributed by atoms with E-state index in [1.165, 1.54) is 0 Å². The molecule has 2 unspecified atom stereocenters. The normalized spacial score (nSPS) is 25.1. The number of Topliss-reactive ketones (excluding diaryl/α,β-unsaturated/α-hetero) is 1. The van der Waals surface area contributed by atoms with Gasteiger partial charge < -0.3 is 9.64 Å². The second-order valence-electron chi connectivity index (χ2n) is 6.97. The van der Waals surface area contributed by atoms with E-state index in [1.807, 2.05) is 42.5 Å². The molecule has 2 aromatic carbocycles. The maximum atomic E-state index is 13.3. The topological polar surface area (TPSA) is 32.8 Å². The summed E-state index contributed by atoms with van der Waals surface area (Å²) < 4.78 is 6.30. The van der Waals surface area contributed by atoms with Gasteiger partial charge >= 0.3 is 0 Å². The van der Waals surface area contributed by atoms with Crippen LogP contribution in [0.3, 0.4) is 0 Å². The third-order valence-electron chi connectivity index (χ3n) is 5.31. The van der Waals surface area contributed by atoms with Gasteiger partial charge in [0, 0.05) is 32.6 Å². The van der Waals surface area contributed by atoms with E-state index < -0.39 is 0 Å². The molecule has 0 saturated carbocycles. The van der Waals surface area contributed by atoms with Crippen LogP contribution in [0.5, 0.6) is 5.75 Å². The van der Waals surface area contributed by atoms with Crippen molar-refractivity contribution in [3.63, 3.8) is 0 Å². The van der Waals surface area contributed by atoms with Gasteiger partial charge in [0.2, 0.25) is 0 Å². The zero-order chi connectivity index (χ0) is 17.2. The predicted molar refractivity (Wildman–Crippen MR) is 98.1 cm³/mol. The molecule has 2 heterocycles. The van der Waals surface area contributed by atoms with Crippen molar-refractivity contribution >= 4 is 5.78 Å². The number of benzene rings is 2. The summed E-state index contributed by atoms with van der Waals surface area (Å²) in [4.78, 5) is 17.9. The van der Waals surface area contributed by atoms with Crippen LogP contribution in [0.1, 0.15) is 28.4 Å². The molecule has 0 amide bonds. The molecule has 0 N–H and O–H groups in total. The Morgan fingerprint density at radius 1 is 0.920 bits per heavy atom. The number of ether oxygens (including phenoxy) is 1. The first-order valence-electron chi connectivity index (χ1n) is 9.00. The van der Waals surface area contributed by atoms with E-state index in [1.54, 1.807) is 0 Å². The molecule has 2 aromatic rings. The minimum Gasteiger partial charge on any atom is -0.485 e. The average molecular weight is 336 g/mol. The average Bonchev–Trinajstić information content (AvgIpc) is 2.80. The Labute approximate surface area is 149 Å². The van der Waals surface area contributed by atoms with Gasteiger partial charge in [0.15, 0.2) is 5.78 Å². The molecule has 0 spiro atoms. The molecule has 0 aliphatic carbocycles. The Morgan fingerprint density at radius 3 is 2.36 bits per heavy atom. The lowest BCUT2D eigenvalue weighted by atomic mass is 9.95. The molecule has 4 heteroatoms. The Balaban J connectivity index is 1.69. The second-order valence-corrected chi connectivity index (χ2v) is 6.97. The smallest absolute Gasteiger partial charge is 0.183 e. The summed E-state index contributed by atoms with van der Waals surface area (Å²) in [5.74, 6) is 0.900. The molecular weight excluding hydrogens is 312 g/mol. The van der Waals surface area contributed by atoms with Gasteiger partial charge in [-0.1, -0.05) is 42.5 Å². The number of nitrogens with zero attached hydrogens (tertiary/aromatic N) is 2. The van der Waals surface area contributed by atoms with Crippen LogP contribution in [-0.4, -0.2) is 54.9 Å². The van der Waals surface area contributed by atoms with Gasteiger partial charge in [-0.05, 0) is 24.7 Å². The van der Waals surface area contributed by atoms with E-state index in [9.17, 15) is 4.79 Å². The molecule has 0 bridgehead atoms. The van der Waals surface area contributed by atoms with Crippen LogP contribution in [0.2, 0.25) is 0 Å². The van der Waals surface area contributed by atoms with Crippen LogP contribution < -0.4 is 4.74 Å². The number of para-hydroxylation sites is 1. The number of carbonyl (C=O) groups excluding carboxylic acids is 1. The maximum Gasteiger partial charge on any atom is 0.183 e. The summed E-state index contributed by atoms with van der Waals surface area (Å²) in [5.41, 5.74) is 1.84. The van der Waals surface area contributed by atoms with Crippen LogP contribution in [0, 0.1) is 0 Å². The summed E-state index contributed by atoms with van der Waals surface area (Å²) in [7, 11) is 2.14. The van der Waals surface area contributed by atoms with Crippen molar-refractivity contribution in [3.8, 4) is 5.75 Å². The van der Waals surface area contributed by atoms with Gasteiger partial charge in [-0.25, -0.2) is 0 Å². The standard InChI is InChI=1S/C21H24N2O2/c1-22-11-13-23(14-12-22)18-15-20(16-7-3-2-4-8-16)25-19-10-6-5-9-17(19)21(18)24/h2-10,18,20H,11-15H2,1H3. The number of piperazine rings is 1. The summed E-state index contributed by atoms with van der Waals surface area (Å²) in [5, 5.41) is 0. The van der Waals surface area contributed by atoms with E-state index in [-0.39, 0.29) is 17.9 Å². The van der Waals surface area contributed by atoms with Crippen molar-refractivity contribution in [1.29, 1.82) is 0 Å². The number of ketones is 1. The van der Waals surface area contributed by atoms with E-state index >= 15 is 0 Å². The lowest BCUT2D eigenvalue weighted by Gasteiger charge is -2.37. The quantitative estimate of drug-likeness (QED) is 0.844. The van der Waals surface area contributed by atoms with E-state index in [0.29, 0.717) is 17.7 Å². The maximum absolute atomic E-state index is 13.3. The van der Waals surface area contributed by atoms with Gasteiger partial charge in [-0.3, -0.25) is 9.69 Å². The Bertz CT molecular complexity index is 739. The lowest BCUT2D eigenvalue weighted by Crippen LogP contribution is -2.51. The van der Waals surface area contributed by atoms with Gasteiger partial charge in [0.25, 0.3) is 0 Å². The highest BCUT2D eigenvalue weighted by Crippen LogP contribution is 2.35. The van der Waals surface area contributed by atoms with E-state index in [4.69, 9.17) is 4.74 Å². The summed E-state index contributed by atoms with van der Waals surface area (Å²) >= 11 is 0. The molecular formula is C21H24N2O2. The zero-order valence-electron chi connectivity index (χ0n) is 14.6. The van der Waals surface area contributed by atoms with Crippen molar-refractivity contribution in [3.05, 3.63) is 65.7 Å². The first-order valence-corrected chi connectivity index (χ1v) is 9.00.